The molecule has 0 unspecified atom stereocenters. The quantitative estimate of drug-likeness (QED) is 0.417. The van der Waals surface area contributed by atoms with Crippen LogP contribution in [0, 0.1) is 6.92 Å². The highest BCUT2D eigenvalue weighted by atomic mass is 19.4. The zero-order valence-electron chi connectivity index (χ0n) is 17.9. The van der Waals surface area contributed by atoms with Crippen molar-refractivity contribution in [1.82, 2.24) is 25.1 Å². The van der Waals surface area contributed by atoms with Gasteiger partial charge < -0.3 is 20.5 Å². The van der Waals surface area contributed by atoms with E-state index in [1.807, 2.05) is 13.0 Å². The molecule has 0 saturated carbocycles. The number of amides is 1. The van der Waals surface area contributed by atoms with Crippen molar-refractivity contribution >= 4 is 17.5 Å². The lowest BCUT2D eigenvalue weighted by Gasteiger charge is -2.11. The van der Waals surface area contributed by atoms with Gasteiger partial charge in [0, 0.05) is 37.3 Å². The van der Waals surface area contributed by atoms with Crippen molar-refractivity contribution in [3.8, 4) is 11.1 Å². The molecule has 3 rings (SSSR count). The number of carbonyl (C=O) groups excluding carboxylic acids is 1. The summed E-state index contributed by atoms with van der Waals surface area (Å²) in [6.07, 6.45) is -1.60. The third-order valence-corrected chi connectivity index (χ3v) is 4.51. The number of carbonyl (C=O) groups is 1. The van der Waals surface area contributed by atoms with E-state index >= 15 is 0 Å². The van der Waals surface area contributed by atoms with Gasteiger partial charge >= 0.3 is 6.18 Å². The Morgan fingerprint density at radius 3 is 2.79 bits per heavy atom. The van der Waals surface area contributed by atoms with Gasteiger partial charge in [0.25, 0.3) is 5.91 Å². The second kappa shape index (κ2) is 10.4. The summed E-state index contributed by atoms with van der Waals surface area (Å²) in [7, 11) is 1.51. The van der Waals surface area contributed by atoms with Gasteiger partial charge in [-0.2, -0.15) is 18.3 Å². The highest BCUT2D eigenvalue weighted by molar-refractivity contribution is 5.80. The zero-order chi connectivity index (χ0) is 24.0. The molecule has 0 radical (unpaired) electrons. The van der Waals surface area contributed by atoms with E-state index in [0.717, 1.165) is 23.4 Å². The van der Waals surface area contributed by atoms with E-state index in [0.29, 0.717) is 17.9 Å². The Kier molecular flexibility index (Phi) is 7.61. The van der Waals surface area contributed by atoms with Gasteiger partial charge in [0.15, 0.2) is 6.10 Å². The van der Waals surface area contributed by atoms with Crippen molar-refractivity contribution in [1.29, 1.82) is 0 Å². The molecule has 1 aromatic carbocycles. The Bertz CT molecular complexity index is 1100. The van der Waals surface area contributed by atoms with Crippen molar-refractivity contribution in [2.24, 2.45) is 0 Å². The first-order valence-electron chi connectivity index (χ1n) is 9.92. The summed E-state index contributed by atoms with van der Waals surface area (Å²) in [4.78, 5) is 19.3. The van der Waals surface area contributed by atoms with Crippen LogP contribution in [-0.4, -0.2) is 57.1 Å². The van der Waals surface area contributed by atoms with Gasteiger partial charge in [-0.15, -0.1) is 0 Å². The number of hydrogen-bond donors (Lipinski definition) is 3. The highest BCUT2D eigenvalue weighted by Gasteiger charge is 2.32. The zero-order valence-corrected chi connectivity index (χ0v) is 17.9. The van der Waals surface area contributed by atoms with Crippen LogP contribution in [0.4, 0.5) is 24.8 Å². The number of nitrogens with zero attached hydrogens (tertiary/aromatic N) is 4. The summed E-state index contributed by atoms with van der Waals surface area (Å²) in [5.41, 5.74) is 1.72. The predicted octanol–water partition coefficient (Wildman–Crippen LogP) is 2.53. The number of aliphatic hydroxyl groups is 1. The van der Waals surface area contributed by atoms with Crippen LogP contribution in [0.15, 0.2) is 42.9 Å². The molecule has 1 atom stereocenters. The molecule has 12 heteroatoms. The Morgan fingerprint density at radius 2 is 2.06 bits per heavy atom. The number of alkyl halides is 3. The lowest BCUT2D eigenvalue weighted by atomic mass is 10.1. The summed E-state index contributed by atoms with van der Waals surface area (Å²) >= 11 is 0. The number of halogens is 3. The van der Waals surface area contributed by atoms with E-state index in [9.17, 15) is 23.1 Å². The van der Waals surface area contributed by atoms with E-state index in [2.05, 4.69) is 25.7 Å². The van der Waals surface area contributed by atoms with Gasteiger partial charge in [0.1, 0.15) is 5.69 Å². The SMILES string of the molecule is COCCNC(=O)[C@@H](O)Cn1cc(-c2cc(C)cc(Nc3nccc(C(F)(F)F)n3)c2)cn1. The molecule has 9 nitrogen and oxygen atoms in total. The molecule has 0 aliphatic rings. The number of aromatic nitrogens is 4. The number of ether oxygens (including phenoxy) is 1. The maximum atomic E-state index is 12.9. The van der Waals surface area contributed by atoms with Crippen LogP contribution in [0.2, 0.25) is 0 Å². The summed E-state index contributed by atoms with van der Waals surface area (Å²) in [5.74, 6) is -0.716. The Balaban J connectivity index is 1.73. The summed E-state index contributed by atoms with van der Waals surface area (Å²) < 4.78 is 45.0. The number of benzene rings is 1. The van der Waals surface area contributed by atoms with E-state index < -0.39 is 23.9 Å². The number of rotatable bonds is 9. The van der Waals surface area contributed by atoms with Crippen LogP contribution in [0.25, 0.3) is 11.1 Å². The fraction of sp³-hybridized carbons (Fsp3) is 0.333. The number of methoxy groups -OCH3 is 1. The molecular formula is C21H23F3N6O3. The first-order valence-corrected chi connectivity index (χ1v) is 9.92. The Hall–Kier alpha value is -3.51. The second-order valence-corrected chi connectivity index (χ2v) is 7.23. The number of nitrogens with one attached hydrogen (secondary N) is 2. The number of hydrogen-bond acceptors (Lipinski definition) is 7. The topological polar surface area (TPSA) is 114 Å². The average molecular weight is 464 g/mol. The smallest absolute Gasteiger partial charge is 0.383 e. The minimum absolute atomic E-state index is 0.0478. The lowest BCUT2D eigenvalue weighted by molar-refractivity contribution is -0.141. The molecule has 0 aliphatic heterocycles. The molecule has 0 spiro atoms. The molecule has 1 amide bonds. The van der Waals surface area contributed by atoms with Crippen molar-refractivity contribution in [3.63, 3.8) is 0 Å². The largest absolute Gasteiger partial charge is 0.433 e. The van der Waals surface area contributed by atoms with Crippen LogP contribution < -0.4 is 10.6 Å². The number of anilines is 2. The molecule has 0 saturated heterocycles. The van der Waals surface area contributed by atoms with Crippen molar-refractivity contribution in [3.05, 3.63) is 54.1 Å². The maximum Gasteiger partial charge on any atom is 0.433 e. The van der Waals surface area contributed by atoms with E-state index in [1.165, 1.54) is 11.8 Å². The first-order chi connectivity index (χ1) is 15.7. The Labute approximate surface area is 187 Å². The average Bonchev–Trinajstić information content (AvgIpc) is 3.21. The highest BCUT2D eigenvalue weighted by Crippen LogP contribution is 2.29. The normalized spacial score (nSPS) is 12.4. The number of aliphatic hydroxyl groups excluding tert-OH is 1. The van der Waals surface area contributed by atoms with Gasteiger partial charge in [0.2, 0.25) is 5.95 Å². The predicted molar refractivity (Wildman–Crippen MR) is 114 cm³/mol. The monoisotopic (exact) mass is 464 g/mol. The van der Waals surface area contributed by atoms with Crippen LogP contribution in [0.1, 0.15) is 11.3 Å². The first kappa shape index (κ1) is 24.1. The molecule has 0 bridgehead atoms. The maximum absolute atomic E-state index is 12.9. The number of aryl methyl sites for hydroxylation is 1. The van der Waals surface area contributed by atoms with Crippen LogP contribution in [0.5, 0.6) is 0 Å². The lowest BCUT2D eigenvalue weighted by Crippen LogP contribution is -2.38. The molecule has 2 aromatic heterocycles. The summed E-state index contributed by atoms with van der Waals surface area (Å²) in [5, 5.41) is 19.6. The summed E-state index contributed by atoms with van der Waals surface area (Å²) in [6, 6.07) is 6.12. The minimum Gasteiger partial charge on any atom is -0.383 e. The van der Waals surface area contributed by atoms with Gasteiger partial charge in [-0.25, -0.2) is 9.97 Å². The Morgan fingerprint density at radius 1 is 1.27 bits per heavy atom. The van der Waals surface area contributed by atoms with Crippen molar-refractivity contribution < 1.29 is 27.8 Å². The molecule has 3 N–H and O–H groups in total. The third kappa shape index (κ3) is 6.73. The minimum atomic E-state index is -4.57. The van der Waals surface area contributed by atoms with Crippen LogP contribution in [-0.2, 0) is 22.3 Å². The molecule has 176 valence electrons. The van der Waals surface area contributed by atoms with Crippen molar-refractivity contribution in [2.75, 3.05) is 25.6 Å². The van der Waals surface area contributed by atoms with E-state index in [1.54, 1.807) is 24.5 Å². The van der Waals surface area contributed by atoms with Gasteiger partial charge in [-0.05, 0) is 36.2 Å². The molecule has 2 heterocycles. The second-order valence-electron chi connectivity index (χ2n) is 7.23. The van der Waals surface area contributed by atoms with Gasteiger partial charge in [-0.1, -0.05) is 6.07 Å². The van der Waals surface area contributed by atoms with Gasteiger partial charge in [-0.3, -0.25) is 9.48 Å². The van der Waals surface area contributed by atoms with Crippen LogP contribution in [0.3, 0.4) is 0 Å². The van der Waals surface area contributed by atoms with E-state index in [4.69, 9.17) is 4.74 Å². The van der Waals surface area contributed by atoms with Gasteiger partial charge in [0.05, 0.1) is 19.3 Å². The third-order valence-electron chi connectivity index (χ3n) is 4.51. The molecule has 33 heavy (non-hydrogen) atoms. The molecular weight excluding hydrogens is 441 g/mol. The fourth-order valence-electron chi connectivity index (χ4n) is 2.99. The standard InChI is InChI=1S/C21H23F3N6O3/c1-13-7-14(9-16(8-13)28-20-26-4-3-18(29-20)21(22,23)24)15-10-27-30(11-15)12-17(31)19(32)25-5-6-33-2/h3-4,7-11,17,31H,5-6,12H2,1-2H3,(H,25,32)(H,26,28,29)/t17-/m0/s1. The molecule has 3 aromatic rings. The fourth-order valence-corrected chi connectivity index (χ4v) is 2.99. The molecule has 0 fully saturated rings. The molecule has 0 aliphatic carbocycles. The van der Waals surface area contributed by atoms with E-state index in [-0.39, 0.29) is 19.0 Å². The van der Waals surface area contributed by atoms with Crippen molar-refractivity contribution in [2.45, 2.75) is 25.7 Å². The van der Waals surface area contributed by atoms with Crippen LogP contribution >= 0.6 is 0 Å². The summed E-state index contributed by atoms with van der Waals surface area (Å²) in [6.45, 7) is 2.40.